The highest BCUT2D eigenvalue weighted by molar-refractivity contribution is 8.00. The second kappa shape index (κ2) is 4.72. The minimum Gasteiger partial charge on any atom is -0.327 e. The average Bonchev–Trinajstić information content (AvgIpc) is 2.55. The van der Waals surface area contributed by atoms with Crippen LogP contribution in [0.25, 0.3) is 0 Å². The van der Waals surface area contributed by atoms with Crippen LogP contribution in [0.5, 0.6) is 0 Å². The molecule has 0 bridgehead atoms. The first-order valence-corrected chi connectivity index (χ1v) is 6.33. The minimum absolute atomic E-state index is 0.189. The molecule has 2 rings (SSSR count). The molecule has 2 N–H and O–H groups in total. The van der Waals surface area contributed by atoms with Gasteiger partial charge in [-0.2, -0.15) is 0 Å². The number of halogens is 2. The highest BCUT2D eigenvalue weighted by atomic mass is 32.2. The Labute approximate surface area is 98.4 Å². The molecule has 1 aliphatic carbocycles. The quantitative estimate of drug-likeness (QED) is 0.863. The molecule has 1 fully saturated rings. The summed E-state index contributed by atoms with van der Waals surface area (Å²) in [6.45, 7) is 2.08. The molecule has 0 aromatic heterocycles. The van der Waals surface area contributed by atoms with Crippen molar-refractivity contribution in [3.8, 4) is 0 Å². The van der Waals surface area contributed by atoms with Crippen LogP contribution in [0, 0.1) is 17.6 Å². The van der Waals surface area contributed by atoms with Crippen molar-refractivity contribution in [2.45, 2.75) is 36.0 Å². The van der Waals surface area contributed by atoms with Gasteiger partial charge in [-0.05, 0) is 37.0 Å². The van der Waals surface area contributed by atoms with Crippen LogP contribution < -0.4 is 5.73 Å². The van der Waals surface area contributed by atoms with Crippen LogP contribution >= 0.6 is 11.8 Å². The first kappa shape index (κ1) is 11.9. The molecule has 1 saturated carbocycles. The molecule has 1 aliphatic rings. The summed E-state index contributed by atoms with van der Waals surface area (Å²) in [7, 11) is 0. The van der Waals surface area contributed by atoms with Gasteiger partial charge in [0, 0.05) is 16.2 Å². The number of thioether (sulfide) groups is 1. The number of benzene rings is 1. The Morgan fingerprint density at radius 2 is 2.06 bits per heavy atom. The van der Waals surface area contributed by atoms with Gasteiger partial charge in [-0.25, -0.2) is 8.78 Å². The number of hydrogen-bond acceptors (Lipinski definition) is 2. The maximum Gasteiger partial charge on any atom is 0.136 e. The van der Waals surface area contributed by atoms with Crippen LogP contribution in [0.4, 0.5) is 8.78 Å². The van der Waals surface area contributed by atoms with Crippen molar-refractivity contribution in [1.29, 1.82) is 0 Å². The van der Waals surface area contributed by atoms with Crippen LogP contribution in [-0.4, -0.2) is 11.3 Å². The summed E-state index contributed by atoms with van der Waals surface area (Å²) in [6, 6.07) is 3.77. The van der Waals surface area contributed by atoms with Crippen molar-refractivity contribution in [3.05, 3.63) is 29.8 Å². The third-order valence-electron chi connectivity index (χ3n) is 3.22. The molecule has 0 saturated heterocycles. The summed E-state index contributed by atoms with van der Waals surface area (Å²) < 4.78 is 26.4. The smallest absolute Gasteiger partial charge is 0.136 e. The van der Waals surface area contributed by atoms with Gasteiger partial charge in [0.15, 0.2) is 0 Å². The van der Waals surface area contributed by atoms with Crippen molar-refractivity contribution in [1.82, 2.24) is 0 Å². The Hall–Kier alpha value is -0.610. The topological polar surface area (TPSA) is 26.0 Å². The van der Waals surface area contributed by atoms with Gasteiger partial charge in [0.1, 0.15) is 11.6 Å². The molecule has 3 atom stereocenters. The van der Waals surface area contributed by atoms with E-state index in [-0.39, 0.29) is 17.7 Å². The molecule has 88 valence electrons. The number of rotatable bonds is 2. The van der Waals surface area contributed by atoms with Crippen LogP contribution in [0.2, 0.25) is 0 Å². The summed E-state index contributed by atoms with van der Waals surface area (Å²) in [5, 5.41) is 0.297. The Morgan fingerprint density at radius 1 is 1.31 bits per heavy atom. The van der Waals surface area contributed by atoms with E-state index in [4.69, 9.17) is 5.73 Å². The molecule has 0 aliphatic heterocycles. The molecule has 0 heterocycles. The summed E-state index contributed by atoms with van der Waals surface area (Å²) >= 11 is 1.41. The fourth-order valence-electron chi connectivity index (χ4n) is 2.06. The summed E-state index contributed by atoms with van der Waals surface area (Å²) in [5.74, 6) is -0.384. The van der Waals surface area contributed by atoms with Gasteiger partial charge in [0.05, 0.1) is 0 Å². The lowest BCUT2D eigenvalue weighted by Crippen LogP contribution is -2.26. The van der Waals surface area contributed by atoms with E-state index in [0.717, 1.165) is 18.9 Å². The first-order chi connectivity index (χ1) is 7.58. The molecule has 16 heavy (non-hydrogen) atoms. The molecule has 1 nitrogen and oxygen atoms in total. The molecule has 1 aromatic carbocycles. The minimum atomic E-state index is -0.390. The predicted octanol–water partition coefficient (Wildman–Crippen LogP) is 3.18. The Balaban J connectivity index is 2.12. The highest BCUT2D eigenvalue weighted by Crippen LogP contribution is 2.39. The molecule has 4 heteroatoms. The largest absolute Gasteiger partial charge is 0.327 e. The normalized spacial score (nSPS) is 29.6. The Morgan fingerprint density at radius 3 is 2.69 bits per heavy atom. The zero-order chi connectivity index (χ0) is 11.7. The zero-order valence-corrected chi connectivity index (χ0v) is 9.94. The third-order valence-corrected chi connectivity index (χ3v) is 4.75. The predicted molar refractivity (Wildman–Crippen MR) is 62.4 cm³/mol. The number of hydrogen-bond donors (Lipinski definition) is 1. The van der Waals surface area contributed by atoms with Gasteiger partial charge in [0.2, 0.25) is 0 Å². The molecular formula is C12H15F2NS. The summed E-state index contributed by atoms with van der Waals surface area (Å²) in [5.41, 5.74) is 5.91. The van der Waals surface area contributed by atoms with E-state index in [2.05, 4.69) is 6.92 Å². The van der Waals surface area contributed by atoms with Gasteiger partial charge in [-0.15, -0.1) is 11.8 Å². The number of nitrogens with two attached hydrogens (primary N) is 1. The maximum absolute atomic E-state index is 13.4. The molecule has 0 amide bonds. The van der Waals surface area contributed by atoms with E-state index in [0.29, 0.717) is 16.1 Å². The van der Waals surface area contributed by atoms with Gasteiger partial charge >= 0.3 is 0 Å². The summed E-state index contributed by atoms with van der Waals surface area (Å²) in [6.07, 6.45) is 1.94. The van der Waals surface area contributed by atoms with Crippen molar-refractivity contribution < 1.29 is 8.78 Å². The summed E-state index contributed by atoms with van der Waals surface area (Å²) in [4.78, 5) is 0.394. The molecule has 1 aromatic rings. The average molecular weight is 243 g/mol. The molecular weight excluding hydrogens is 228 g/mol. The van der Waals surface area contributed by atoms with Gasteiger partial charge in [0.25, 0.3) is 0 Å². The van der Waals surface area contributed by atoms with Gasteiger partial charge in [-0.3, -0.25) is 0 Å². The van der Waals surface area contributed by atoms with Crippen molar-refractivity contribution in [3.63, 3.8) is 0 Å². The Bertz CT molecular complexity index is 383. The molecule has 0 spiro atoms. The van der Waals surface area contributed by atoms with Crippen molar-refractivity contribution in [2.75, 3.05) is 0 Å². The Kier molecular flexibility index (Phi) is 3.50. The van der Waals surface area contributed by atoms with Crippen molar-refractivity contribution >= 4 is 11.8 Å². The first-order valence-electron chi connectivity index (χ1n) is 5.45. The van der Waals surface area contributed by atoms with Crippen LogP contribution in [0.1, 0.15) is 19.8 Å². The monoisotopic (exact) mass is 243 g/mol. The van der Waals surface area contributed by atoms with E-state index in [1.807, 2.05) is 0 Å². The van der Waals surface area contributed by atoms with Gasteiger partial charge < -0.3 is 5.73 Å². The zero-order valence-electron chi connectivity index (χ0n) is 9.12. The van der Waals surface area contributed by atoms with Crippen LogP contribution in [0.15, 0.2) is 23.1 Å². The van der Waals surface area contributed by atoms with E-state index in [1.54, 1.807) is 0 Å². The second-order valence-electron chi connectivity index (χ2n) is 4.33. The fourth-order valence-corrected chi connectivity index (χ4v) is 3.41. The second-order valence-corrected chi connectivity index (χ2v) is 5.61. The lowest BCUT2D eigenvalue weighted by Gasteiger charge is -2.17. The third kappa shape index (κ3) is 2.38. The lowest BCUT2D eigenvalue weighted by atomic mass is 10.1. The van der Waals surface area contributed by atoms with E-state index >= 15 is 0 Å². The van der Waals surface area contributed by atoms with Crippen molar-refractivity contribution in [2.24, 2.45) is 11.7 Å². The SMILES string of the molecule is CC1C(N)CCC1Sc1cc(F)ccc1F. The highest BCUT2D eigenvalue weighted by Gasteiger charge is 2.31. The van der Waals surface area contributed by atoms with Crippen LogP contribution in [0.3, 0.4) is 0 Å². The van der Waals surface area contributed by atoms with E-state index < -0.39 is 0 Å². The molecule has 0 radical (unpaired) electrons. The standard InChI is InChI=1S/C12H15F2NS/c1-7-10(15)4-5-11(7)16-12-6-8(13)2-3-9(12)14/h2-3,6-7,10-11H,4-5,15H2,1H3. The maximum atomic E-state index is 13.4. The van der Waals surface area contributed by atoms with Crippen LogP contribution in [-0.2, 0) is 0 Å². The van der Waals surface area contributed by atoms with E-state index in [1.165, 1.54) is 23.9 Å². The molecule has 3 unspecified atom stereocenters. The van der Waals surface area contributed by atoms with E-state index in [9.17, 15) is 8.78 Å². The van der Waals surface area contributed by atoms with Gasteiger partial charge in [-0.1, -0.05) is 6.92 Å². The lowest BCUT2D eigenvalue weighted by molar-refractivity contribution is 0.533. The fraction of sp³-hybridized carbons (Fsp3) is 0.500.